The minimum atomic E-state index is 0.0744. The number of carbonyl (C=O) groups excluding carboxylic acids is 1. The van der Waals surface area contributed by atoms with E-state index in [9.17, 15) is 4.79 Å². The molecule has 0 radical (unpaired) electrons. The first-order valence-electron chi connectivity index (χ1n) is 7.93. The fourth-order valence-electron chi connectivity index (χ4n) is 3.28. The molecule has 1 aliphatic rings. The first kappa shape index (κ1) is 15.5. The molecule has 0 fully saturated rings. The largest absolute Gasteiger partial charge is 0.362 e. The molecule has 1 aliphatic heterocycles. The molecule has 0 bridgehead atoms. The van der Waals surface area contributed by atoms with Gasteiger partial charge in [0.2, 0.25) is 5.91 Å². The molecule has 1 N–H and O–H groups in total. The zero-order valence-corrected chi connectivity index (χ0v) is 13.9. The lowest BCUT2D eigenvalue weighted by molar-refractivity contribution is -0.117. The molecule has 0 saturated heterocycles. The number of hydrogen-bond donors (Lipinski definition) is 1. The smallest absolute Gasteiger partial charge is 0.224 e. The first-order valence-corrected chi connectivity index (χ1v) is 7.93. The summed E-state index contributed by atoms with van der Waals surface area (Å²) in [4.78, 5) is 22.7. The quantitative estimate of drug-likeness (QED) is 0.924. The number of benzene rings is 1. The minimum absolute atomic E-state index is 0.0744. The van der Waals surface area contributed by atoms with Gasteiger partial charge in [0, 0.05) is 24.6 Å². The van der Waals surface area contributed by atoms with E-state index in [1.165, 1.54) is 0 Å². The molecule has 0 unspecified atom stereocenters. The van der Waals surface area contributed by atoms with Gasteiger partial charge in [-0.15, -0.1) is 0 Å². The molecule has 2 aromatic rings. The van der Waals surface area contributed by atoms with E-state index in [2.05, 4.69) is 35.2 Å². The van der Waals surface area contributed by atoms with Crippen LogP contribution in [0.5, 0.6) is 0 Å². The number of nitrogens with one attached hydrogen (secondary N) is 1. The van der Waals surface area contributed by atoms with Crippen molar-refractivity contribution in [2.24, 2.45) is 5.92 Å². The average Bonchev–Trinajstić information content (AvgIpc) is 2.53. The number of amides is 1. The second kappa shape index (κ2) is 5.99. The topological polar surface area (TPSA) is 58.1 Å². The third-order valence-corrected chi connectivity index (χ3v) is 4.65. The molecular formula is C18H22N4O. The Morgan fingerprint density at radius 1 is 1.17 bits per heavy atom. The lowest BCUT2D eigenvalue weighted by atomic mass is 9.83. The molecular weight excluding hydrogens is 288 g/mol. The predicted molar refractivity (Wildman–Crippen MR) is 91.4 cm³/mol. The highest BCUT2D eigenvalue weighted by molar-refractivity contribution is 5.93. The van der Waals surface area contributed by atoms with Gasteiger partial charge < -0.3 is 10.2 Å². The van der Waals surface area contributed by atoms with Crippen molar-refractivity contribution < 1.29 is 4.79 Å². The van der Waals surface area contributed by atoms with Gasteiger partial charge in [0.1, 0.15) is 5.82 Å². The van der Waals surface area contributed by atoms with Gasteiger partial charge >= 0.3 is 0 Å². The van der Waals surface area contributed by atoms with Crippen molar-refractivity contribution in [1.82, 2.24) is 9.97 Å². The summed E-state index contributed by atoms with van der Waals surface area (Å²) < 4.78 is 0. The molecule has 1 aromatic heterocycles. The lowest BCUT2D eigenvalue weighted by Gasteiger charge is -2.43. The van der Waals surface area contributed by atoms with Crippen LogP contribution in [-0.2, 0) is 4.79 Å². The monoisotopic (exact) mass is 310 g/mol. The summed E-state index contributed by atoms with van der Waals surface area (Å²) in [6.45, 7) is 7.80. The third-order valence-electron chi connectivity index (χ3n) is 4.65. The molecule has 0 saturated carbocycles. The number of nitrogens with zero attached hydrogens (tertiary/aromatic N) is 3. The number of aromatic nitrogens is 2. The number of rotatable bonds is 2. The maximum Gasteiger partial charge on any atom is 0.224 e. The minimum Gasteiger partial charge on any atom is -0.362 e. The molecule has 2 heterocycles. The van der Waals surface area contributed by atoms with E-state index in [-0.39, 0.29) is 23.9 Å². The number of aryl methyl sites for hydroxylation is 1. The Bertz CT molecular complexity index is 713. The SMILES string of the molecule is CC(=O)N1c2ccccc2[C@H](Nc2cnc(C)cn2)[C@@H](C)[C@@H]1C. The van der Waals surface area contributed by atoms with Crippen LogP contribution in [0.25, 0.3) is 0 Å². The van der Waals surface area contributed by atoms with Gasteiger partial charge in [-0.3, -0.25) is 9.78 Å². The molecule has 1 aromatic carbocycles. The van der Waals surface area contributed by atoms with E-state index in [1.807, 2.05) is 30.0 Å². The highest BCUT2D eigenvalue weighted by Crippen LogP contribution is 2.41. The molecule has 3 rings (SSSR count). The fraction of sp³-hybridized carbons (Fsp3) is 0.389. The zero-order valence-electron chi connectivity index (χ0n) is 13.9. The van der Waals surface area contributed by atoms with E-state index in [4.69, 9.17) is 0 Å². The maximum atomic E-state index is 12.1. The highest BCUT2D eigenvalue weighted by atomic mass is 16.2. The van der Waals surface area contributed by atoms with Crippen LogP contribution in [0.2, 0.25) is 0 Å². The third kappa shape index (κ3) is 2.79. The Kier molecular flexibility index (Phi) is 4.03. The number of carbonyl (C=O) groups is 1. The predicted octanol–water partition coefficient (Wildman–Crippen LogP) is 3.33. The highest BCUT2D eigenvalue weighted by Gasteiger charge is 2.37. The van der Waals surface area contributed by atoms with Gasteiger partial charge in [-0.25, -0.2) is 4.98 Å². The van der Waals surface area contributed by atoms with Crippen molar-refractivity contribution in [2.45, 2.75) is 39.8 Å². The molecule has 5 nitrogen and oxygen atoms in total. The summed E-state index contributed by atoms with van der Waals surface area (Å²) in [5.74, 6) is 1.08. The summed E-state index contributed by atoms with van der Waals surface area (Å²) in [7, 11) is 0. The number of para-hydroxylation sites is 1. The summed E-state index contributed by atoms with van der Waals surface area (Å²) in [6.07, 6.45) is 3.51. The molecule has 5 heteroatoms. The summed E-state index contributed by atoms with van der Waals surface area (Å²) in [6, 6.07) is 8.27. The van der Waals surface area contributed by atoms with Crippen LogP contribution in [0.3, 0.4) is 0 Å². The molecule has 1 amide bonds. The Morgan fingerprint density at radius 2 is 1.91 bits per heavy atom. The normalized spacial score (nSPS) is 23.3. The van der Waals surface area contributed by atoms with E-state index in [0.717, 1.165) is 22.8 Å². The molecule has 3 atom stereocenters. The van der Waals surface area contributed by atoms with Crippen LogP contribution in [-0.4, -0.2) is 21.9 Å². The van der Waals surface area contributed by atoms with Crippen LogP contribution < -0.4 is 10.2 Å². The second-order valence-electron chi connectivity index (χ2n) is 6.21. The average molecular weight is 310 g/mol. The van der Waals surface area contributed by atoms with Gasteiger partial charge in [0.25, 0.3) is 0 Å². The zero-order chi connectivity index (χ0) is 16.6. The Balaban J connectivity index is 2.01. The van der Waals surface area contributed by atoms with E-state index < -0.39 is 0 Å². The first-order chi connectivity index (χ1) is 11.0. The van der Waals surface area contributed by atoms with Crippen molar-refractivity contribution >= 4 is 17.4 Å². The molecule has 0 spiro atoms. The van der Waals surface area contributed by atoms with Crippen LogP contribution in [0.1, 0.15) is 38.1 Å². The van der Waals surface area contributed by atoms with Gasteiger partial charge in [-0.05, 0) is 25.5 Å². The van der Waals surface area contributed by atoms with Crippen molar-refractivity contribution in [3.63, 3.8) is 0 Å². The number of fused-ring (bicyclic) bond motifs is 1. The fourth-order valence-corrected chi connectivity index (χ4v) is 3.28. The summed E-state index contributed by atoms with van der Waals surface area (Å²) in [5.41, 5.74) is 2.99. The van der Waals surface area contributed by atoms with Crippen LogP contribution in [0.4, 0.5) is 11.5 Å². The van der Waals surface area contributed by atoms with E-state index >= 15 is 0 Å². The van der Waals surface area contributed by atoms with Crippen molar-refractivity contribution in [3.8, 4) is 0 Å². The maximum absolute atomic E-state index is 12.1. The Morgan fingerprint density at radius 3 is 2.57 bits per heavy atom. The van der Waals surface area contributed by atoms with Crippen LogP contribution in [0, 0.1) is 12.8 Å². The molecule has 23 heavy (non-hydrogen) atoms. The van der Waals surface area contributed by atoms with Crippen molar-refractivity contribution in [3.05, 3.63) is 47.9 Å². The van der Waals surface area contributed by atoms with Gasteiger partial charge in [0.15, 0.2) is 0 Å². The summed E-state index contributed by atoms with van der Waals surface area (Å²) >= 11 is 0. The molecule has 120 valence electrons. The lowest BCUT2D eigenvalue weighted by Crippen LogP contribution is -2.48. The number of hydrogen-bond acceptors (Lipinski definition) is 4. The van der Waals surface area contributed by atoms with Crippen molar-refractivity contribution in [1.29, 1.82) is 0 Å². The Labute approximate surface area is 136 Å². The molecule has 0 aliphatic carbocycles. The van der Waals surface area contributed by atoms with Gasteiger partial charge in [-0.1, -0.05) is 25.1 Å². The van der Waals surface area contributed by atoms with Gasteiger partial charge in [-0.2, -0.15) is 0 Å². The standard InChI is InChI=1S/C18H22N4O/c1-11-9-20-17(10-19-11)21-18-12(2)13(3)22(14(4)23)16-8-6-5-7-15(16)18/h5-10,12-13,18H,1-4H3,(H,20,21)/t12-,13-,18+/m0/s1. The Hall–Kier alpha value is -2.43. The van der Waals surface area contributed by atoms with Crippen LogP contribution >= 0.6 is 0 Å². The van der Waals surface area contributed by atoms with Crippen LogP contribution in [0.15, 0.2) is 36.7 Å². The van der Waals surface area contributed by atoms with E-state index in [0.29, 0.717) is 0 Å². The van der Waals surface area contributed by atoms with Gasteiger partial charge in [0.05, 0.1) is 24.1 Å². The number of anilines is 2. The summed E-state index contributed by atoms with van der Waals surface area (Å²) in [5, 5.41) is 3.49. The van der Waals surface area contributed by atoms with E-state index in [1.54, 1.807) is 19.3 Å². The van der Waals surface area contributed by atoms with Crippen molar-refractivity contribution in [2.75, 3.05) is 10.2 Å². The second-order valence-corrected chi connectivity index (χ2v) is 6.21.